The molecule has 0 aliphatic heterocycles. The number of rotatable bonds is 3. The Labute approximate surface area is 73.5 Å². The van der Waals surface area contributed by atoms with Crippen molar-refractivity contribution in [2.24, 2.45) is 11.3 Å². The highest BCUT2D eigenvalue weighted by molar-refractivity contribution is 7.55. The van der Waals surface area contributed by atoms with Crippen LogP contribution in [-0.2, 0) is 0 Å². The van der Waals surface area contributed by atoms with E-state index in [1.807, 2.05) is 0 Å². The highest BCUT2D eigenvalue weighted by atomic mass is 31.1. The predicted molar refractivity (Wildman–Crippen MR) is 56.9 cm³/mol. The standard InChI is InChI=1S/C10H23P/c1-7-9(8-11(5)6)10(2,3)4/h9H,7-8H2,1-6H3. The van der Waals surface area contributed by atoms with E-state index in [1.165, 1.54) is 12.6 Å². The Morgan fingerprint density at radius 2 is 1.64 bits per heavy atom. The van der Waals surface area contributed by atoms with Crippen molar-refractivity contribution in [1.82, 2.24) is 0 Å². The second-order valence-corrected chi connectivity index (χ2v) is 7.26. The Balaban J connectivity index is 3.96. The summed E-state index contributed by atoms with van der Waals surface area (Å²) in [5.74, 6) is 0.920. The summed E-state index contributed by atoms with van der Waals surface area (Å²) in [7, 11) is 0.290. The van der Waals surface area contributed by atoms with Crippen LogP contribution in [0.4, 0.5) is 0 Å². The lowest BCUT2D eigenvalue weighted by atomic mass is 9.80. The molecule has 0 aliphatic carbocycles. The molecule has 11 heavy (non-hydrogen) atoms. The molecule has 0 aromatic rings. The molecule has 0 aliphatic rings. The van der Waals surface area contributed by atoms with E-state index in [9.17, 15) is 0 Å². The van der Waals surface area contributed by atoms with Gasteiger partial charge >= 0.3 is 0 Å². The molecule has 0 aromatic heterocycles. The van der Waals surface area contributed by atoms with Crippen molar-refractivity contribution in [1.29, 1.82) is 0 Å². The minimum Gasteiger partial charge on any atom is -0.113 e. The molecule has 0 radical (unpaired) electrons. The first-order chi connectivity index (χ1) is 4.88. The smallest absolute Gasteiger partial charge is 0.0297 e. The number of hydrogen-bond acceptors (Lipinski definition) is 0. The third-order valence-electron chi connectivity index (χ3n) is 2.30. The predicted octanol–water partition coefficient (Wildman–Crippen LogP) is 3.80. The molecule has 1 atom stereocenters. The lowest BCUT2D eigenvalue weighted by Gasteiger charge is -2.31. The Kier molecular flexibility index (Phi) is 4.63. The van der Waals surface area contributed by atoms with Crippen LogP contribution in [0.2, 0.25) is 0 Å². The van der Waals surface area contributed by atoms with Gasteiger partial charge in [0.15, 0.2) is 0 Å². The molecule has 0 bridgehead atoms. The van der Waals surface area contributed by atoms with Gasteiger partial charge in [-0.3, -0.25) is 0 Å². The van der Waals surface area contributed by atoms with Gasteiger partial charge in [-0.2, -0.15) is 0 Å². The van der Waals surface area contributed by atoms with Crippen LogP contribution in [0, 0.1) is 11.3 Å². The fraction of sp³-hybridized carbons (Fsp3) is 1.00. The van der Waals surface area contributed by atoms with E-state index in [0.29, 0.717) is 13.3 Å². The summed E-state index contributed by atoms with van der Waals surface area (Å²) < 4.78 is 0. The summed E-state index contributed by atoms with van der Waals surface area (Å²) in [5, 5.41) is 0. The summed E-state index contributed by atoms with van der Waals surface area (Å²) in [4.78, 5) is 0. The molecule has 0 fully saturated rings. The summed E-state index contributed by atoms with van der Waals surface area (Å²) in [6, 6.07) is 0. The Hall–Kier alpha value is 0.430. The van der Waals surface area contributed by atoms with Gasteiger partial charge in [-0.1, -0.05) is 34.1 Å². The van der Waals surface area contributed by atoms with Crippen molar-refractivity contribution in [3.8, 4) is 0 Å². The molecule has 68 valence electrons. The van der Waals surface area contributed by atoms with Crippen molar-refractivity contribution in [2.75, 3.05) is 19.5 Å². The van der Waals surface area contributed by atoms with Crippen molar-refractivity contribution in [3.63, 3.8) is 0 Å². The second kappa shape index (κ2) is 4.45. The van der Waals surface area contributed by atoms with Gasteiger partial charge in [0.25, 0.3) is 0 Å². The van der Waals surface area contributed by atoms with Gasteiger partial charge in [0.1, 0.15) is 0 Å². The third kappa shape index (κ3) is 4.80. The SMILES string of the molecule is CCC(CP(C)C)C(C)(C)C. The van der Waals surface area contributed by atoms with E-state index in [4.69, 9.17) is 0 Å². The van der Waals surface area contributed by atoms with Gasteiger partial charge < -0.3 is 0 Å². The highest BCUT2D eigenvalue weighted by Gasteiger charge is 2.22. The first kappa shape index (κ1) is 11.4. The van der Waals surface area contributed by atoms with E-state index < -0.39 is 0 Å². The monoisotopic (exact) mass is 174 g/mol. The Morgan fingerprint density at radius 1 is 1.18 bits per heavy atom. The zero-order valence-electron chi connectivity index (χ0n) is 8.94. The van der Waals surface area contributed by atoms with E-state index in [2.05, 4.69) is 41.0 Å². The normalized spacial score (nSPS) is 15.5. The van der Waals surface area contributed by atoms with Gasteiger partial charge in [-0.05, 0) is 30.8 Å². The lowest BCUT2D eigenvalue weighted by Crippen LogP contribution is -2.22. The quantitative estimate of drug-likeness (QED) is 0.571. The van der Waals surface area contributed by atoms with Gasteiger partial charge in [0.05, 0.1) is 0 Å². The minimum absolute atomic E-state index is 0.290. The molecule has 0 N–H and O–H groups in total. The summed E-state index contributed by atoms with van der Waals surface area (Å²) in [6.45, 7) is 14.2. The van der Waals surface area contributed by atoms with Crippen LogP contribution < -0.4 is 0 Å². The summed E-state index contributed by atoms with van der Waals surface area (Å²) in [5.41, 5.74) is 0.515. The molecule has 1 heteroatoms. The van der Waals surface area contributed by atoms with Gasteiger partial charge in [0, 0.05) is 0 Å². The summed E-state index contributed by atoms with van der Waals surface area (Å²) in [6.07, 6.45) is 2.78. The van der Waals surface area contributed by atoms with Crippen LogP contribution in [0.1, 0.15) is 34.1 Å². The highest BCUT2D eigenvalue weighted by Crippen LogP contribution is 2.38. The first-order valence-electron chi connectivity index (χ1n) is 4.52. The van der Waals surface area contributed by atoms with Crippen LogP contribution >= 0.6 is 7.92 Å². The van der Waals surface area contributed by atoms with Crippen molar-refractivity contribution in [2.45, 2.75) is 34.1 Å². The van der Waals surface area contributed by atoms with Crippen molar-refractivity contribution in [3.05, 3.63) is 0 Å². The van der Waals surface area contributed by atoms with Crippen LogP contribution in [0.15, 0.2) is 0 Å². The second-order valence-electron chi connectivity index (χ2n) is 4.73. The van der Waals surface area contributed by atoms with Crippen LogP contribution in [0.25, 0.3) is 0 Å². The molecule has 0 nitrogen and oxygen atoms in total. The fourth-order valence-corrected chi connectivity index (χ4v) is 3.14. The molecule has 1 unspecified atom stereocenters. The molecule has 0 saturated carbocycles. The van der Waals surface area contributed by atoms with Crippen molar-refractivity contribution >= 4 is 7.92 Å². The molecule has 0 rings (SSSR count). The number of hydrogen-bond donors (Lipinski definition) is 0. The zero-order valence-corrected chi connectivity index (χ0v) is 9.83. The molecule has 0 heterocycles. The van der Waals surface area contributed by atoms with Crippen LogP contribution in [-0.4, -0.2) is 19.5 Å². The Morgan fingerprint density at radius 3 is 1.73 bits per heavy atom. The summed E-state index contributed by atoms with van der Waals surface area (Å²) >= 11 is 0. The average molecular weight is 174 g/mol. The van der Waals surface area contributed by atoms with Crippen LogP contribution in [0.3, 0.4) is 0 Å². The van der Waals surface area contributed by atoms with Gasteiger partial charge in [0.2, 0.25) is 0 Å². The lowest BCUT2D eigenvalue weighted by molar-refractivity contribution is 0.258. The molecule has 0 saturated heterocycles. The van der Waals surface area contributed by atoms with Crippen molar-refractivity contribution < 1.29 is 0 Å². The largest absolute Gasteiger partial charge is 0.113 e. The van der Waals surface area contributed by atoms with E-state index in [1.54, 1.807) is 0 Å². The van der Waals surface area contributed by atoms with Crippen LogP contribution in [0.5, 0.6) is 0 Å². The molecule has 0 amide bonds. The molecule has 0 aromatic carbocycles. The Bertz CT molecular complexity index is 99.9. The van der Waals surface area contributed by atoms with Gasteiger partial charge in [-0.25, -0.2) is 0 Å². The van der Waals surface area contributed by atoms with E-state index >= 15 is 0 Å². The maximum Gasteiger partial charge on any atom is -0.0297 e. The zero-order chi connectivity index (χ0) is 9.07. The average Bonchev–Trinajstić information content (AvgIpc) is 1.79. The molecular formula is C10H23P. The van der Waals surface area contributed by atoms with Gasteiger partial charge in [-0.15, -0.1) is 7.92 Å². The van der Waals surface area contributed by atoms with E-state index in [-0.39, 0.29) is 0 Å². The fourth-order valence-electron chi connectivity index (χ4n) is 1.46. The molecular weight excluding hydrogens is 151 g/mol. The topological polar surface area (TPSA) is 0 Å². The maximum absolute atomic E-state index is 2.38. The maximum atomic E-state index is 2.38. The molecule has 0 spiro atoms. The minimum atomic E-state index is 0.290. The van der Waals surface area contributed by atoms with E-state index in [0.717, 1.165) is 5.92 Å². The first-order valence-corrected chi connectivity index (χ1v) is 6.94. The third-order valence-corrected chi connectivity index (χ3v) is 3.47.